The van der Waals surface area contributed by atoms with Crippen molar-refractivity contribution in [3.63, 3.8) is 0 Å². The van der Waals surface area contributed by atoms with Gasteiger partial charge < -0.3 is 0 Å². The molecule has 0 unspecified atom stereocenters. The third kappa shape index (κ3) is 3.52. The molecule has 0 saturated carbocycles. The number of halogens is 3. The fourth-order valence-electron chi connectivity index (χ4n) is 1.55. The van der Waals surface area contributed by atoms with Crippen LogP contribution in [0.2, 0.25) is 0 Å². The lowest BCUT2D eigenvalue weighted by molar-refractivity contribution is 0.565. The van der Waals surface area contributed by atoms with Crippen molar-refractivity contribution in [3.8, 4) is 6.07 Å². The minimum Gasteiger partial charge on any atom is -0.207 e. The van der Waals surface area contributed by atoms with E-state index in [9.17, 15) is 13.2 Å². The van der Waals surface area contributed by atoms with E-state index in [1.165, 1.54) is 18.2 Å². The quantitative estimate of drug-likeness (QED) is 0.783. The van der Waals surface area contributed by atoms with Crippen LogP contribution in [-0.2, 0) is 5.75 Å². The molecule has 2 rings (SSSR count). The molecule has 1 nitrogen and oxygen atoms in total. The van der Waals surface area contributed by atoms with E-state index in [2.05, 4.69) is 0 Å². The van der Waals surface area contributed by atoms with E-state index in [4.69, 9.17) is 5.26 Å². The molecular weight excluding hydrogens is 271 g/mol. The second kappa shape index (κ2) is 5.81. The van der Waals surface area contributed by atoms with Crippen LogP contribution in [0.25, 0.3) is 0 Å². The smallest absolute Gasteiger partial charge is 0.139 e. The highest BCUT2D eigenvalue weighted by Gasteiger charge is 2.06. The number of nitriles is 1. The summed E-state index contributed by atoms with van der Waals surface area (Å²) in [4.78, 5) is 0.282. The van der Waals surface area contributed by atoms with Crippen LogP contribution in [0.4, 0.5) is 13.2 Å². The Labute approximate surface area is 112 Å². The number of nitrogens with zero attached hydrogens (tertiary/aromatic N) is 1. The van der Waals surface area contributed by atoms with Crippen molar-refractivity contribution in [2.75, 3.05) is 0 Å². The van der Waals surface area contributed by atoms with Crippen molar-refractivity contribution in [3.05, 3.63) is 65.0 Å². The Kier molecular flexibility index (Phi) is 4.13. The van der Waals surface area contributed by atoms with Crippen LogP contribution in [0.5, 0.6) is 0 Å². The van der Waals surface area contributed by atoms with Crippen molar-refractivity contribution in [1.29, 1.82) is 5.26 Å². The summed E-state index contributed by atoms with van der Waals surface area (Å²) in [5.41, 5.74) is 0.792. The van der Waals surface area contributed by atoms with Gasteiger partial charge in [0.1, 0.15) is 17.5 Å². The average molecular weight is 279 g/mol. The Bertz CT molecular complexity index is 650. The zero-order valence-electron chi connectivity index (χ0n) is 9.66. The average Bonchev–Trinajstić information content (AvgIpc) is 2.37. The maximum Gasteiger partial charge on any atom is 0.139 e. The largest absolute Gasteiger partial charge is 0.207 e. The molecule has 0 fully saturated rings. The van der Waals surface area contributed by atoms with Gasteiger partial charge in [-0.25, -0.2) is 13.2 Å². The van der Waals surface area contributed by atoms with Gasteiger partial charge in [0.05, 0.1) is 11.6 Å². The van der Waals surface area contributed by atoms with E-state index >= 15 is 0 Å². The van der Waals surface area contributed by atoms with Gasteiger partial charge in [0, 0.05) is 16.7 Å². The van der Waals surface area contributed by atoms with Crippen LogP contribution in [0.1, 0.15) is 11.1 Å². The highest BCUT2D eigenvalue weighted by molar-refractivity contribution is 7.98. The molecule has 0 amide bonds. The third-order valence-electron chi connectivity index (χ3n) is 2.37. The molecule has 5 heteroatoms. The summed E-state index contributed by atoms with van der Waals surface area (Å²) in [5, 5.41) is 8.72. The van der Waals surface area contributed by atoms with Crippen LogP contribution in [0, 0.1) is 28.8 Å². The van der Waals surface area contributed by atoms with Gasteiger partial charge in [0.2, 0.25) is 0 Å². The number of hydrogen-bond donors (Lipinski definition) is 0. The summed E-state index contributed by atoms with van der Waals surface area (Å²) in [6, 6.07) is 9.11. The first kappa shape index (κ1) is 13.5. The monoisotopic (exact) mass is 279 g/mol. The zero-order chi connectivity index (χ0) is 13.8. The predicted molar refractivity (Wildman–Crippen MR) is 67.0 cm³/mol. The summed E-state index contributed by atoms with van der Waals surface area (Å²) in [5.74, 6) is -1.50. The Morgan fingerprint density at radius 2 is 1.79 bits per heavy atom. The molecular formula is C14H8F3NS. The van der Waals surface area contributed by atoms with Gasteiger partial charge in [-0.2, -0.15) is 5.26 Å². The molecule has 0 N–H and O–H groups in total. The standard InChI is InChI=1S/C14H8F3NS/c15-11-1-2-14(13(17)6-11)19-8-10-3-9(7-18)4-12(16)5-10/h1-6H,8H2. The Morgan fingerprint density at radius 3 is 2.47 bits per heavy atom. The lowest BCUT2D eigenvalue weighted by atomic mass is 10.1. The second-order valence-electron chi connectivity index (χ2n) is 3.82. The molecule has 19 heavy (non-hydrogen) atoms. The second-order valence-corrected chi connectivity index (χ2v) is 4.84. The first-order valence-corrected chi connectivity index (χ1v) is 6.34. The maximum atomic E-state index is 13.4. The van der Waals surface area contributed by atoms with Crippen LogP contribution in [-0.4, -0.2) is 0 Å². The summed E-state index contributed by atoms with van der Waals surface area (Å²) in [6.07, 6.45) is 0. The summed E-state index contributed by atoms with van der Waals surface area (Å²) < 4.78 is 39.3. The van der Waals surface area contributed by atoms with Gasteiger partial charge in [-0.05, 0) is 35.9 Å². The van der Waals surface area contributed by atoms with Crippen molar-refractivity contribution >= 4 is 11.8 Å². The van der Waals surface area contributed by atoms with Crippen molar-refractivity contribution in [1.82, 2.24) is 0 Å². The first-order valence-electron chi connectivity index (χ1n) is 5.36. The highest BCUT2D eigenvalue weighted by Crippen LogP contribution is 2.26. The van der Waals surface area contributed by atoms with E-state index in [1.54, 1.807) is 0 Å². The van der Waals surface area contributed by atoms with E-state index in [1.807, 2.05) is 6.07 Å². The van der Waals surface area contributed by atoms with E-state index in [-0.39, 0.29) is 10.5 Å². The Morgan fingerprint density at radius 1 is 1.00 bits per heavy atom. The minimum atomic E-state index is -0.651. The van der Waals surface area contributed by atoms with Crippen molar-refractivity contribution < 1.29 is 13.2 Å². The summed E-state index contributed by atoms with van der Waals surface area (Å²) in [7, 11) is 0. The fourth-order valence-corrected chi connectivity index (χ4v) is 2.40. The van der Waals surface area contributed by atoms with Gasteiger partial charge in [0.15, 0.2) is 0 Å². The first-order chi connectivity index (χ1) is 9.08. The molecule has 2 aromatic carbocycles. The van der Waals surface area contributed by atoms with Gasteiger partial charge in [-0.3, -0.25) is 0 Å². The van der Waals surface area contributed by atoms with Crippen molar-refractivity contribution in [2.45, 2.75) is 10.6 Å². The van der Waals surface area contributed by atoms with E-state index < -0.39 is 17.5 Å². The van der Waals surface area contributed by atoms with Crippen LogP contribution >= 0.6 is 11.8 Å². The summed E-state index contributed by atoms with van der Waals surface area (Å²) >= 11 is 1.12. The van der Waals surface area contributed by atoms with E-state index in [0.29, 0.717) is 11.3 Å². The molecule has 0 saturated heterocycles. The molecule has 0 radical (unpaired) electrons. The molecule has 96 valence electrons. The van der Waals surface area contributed by atoms with Crippen LogP contribution in [0.15, 0.2) is 41.3 Å². The molecule has 0 aliphatic rings. The maximum absolute atomic E-state index is 13.4. The summed E-state index contributed by atoms with van der Waals surface area (Å²) in [6.45, 7) is 0. The number of thioether (sulfide) groups is 1. The van der Waals surface area contributed by atoms with Gasteiger partial charge >= 0.3 is 0 Å². The molecule has 0 aliphatic carbocycles. The van der Waals surface area contributed by atoms with Crippen LogP contribution in [0.3, 0.4) is 0 Å². The minimum absolute atomic E-state index is 0.218. The van der Waals surface area contributed by atoms with Crippen molar-refractivity contribution in [2.24, 2.45) is 0 Å². The SMILES string of the molecule is N#Cc1cc(F)cc(CSc2ccc(F)cc2F)c1. The highest BCUT2D eigenvalue weighted by atomic mass is 32.2. The molecule has 0 heterocycles. The molecule has 2 aromatic rings. The Balaban J connectivity index is 2.14. The predicted octanol–water partition coefficient (Wildman–Crippen LogP) is 4.27. The number of benzene rings is 2. The molecule has 0 aliphatic heterocycles. The number of rotatable bonds is 3. The topological polar surface area (TPSA) is 23.8 Å². The van der Waals surface area contributed by atoms with Gasteiger partial charge in [0.25, 0.3) is 0 Å². The fraction of sp³-hybridized carbons (Fsp3) is 0.0714. The van der Waals surface area contributed by atoms with Crippen LogP contribution < -0.4 is 0 Å². The van der Waals surface area contributed by atoms with E-state index in [0.717, 1.165) is 30.0 Å². The molecule has 0 bridgehead atoms. The molecule has 0 spiro atoms. The molecule has 0 atom stereocenters. The Hall–Kier alpha value is -1.93. The third-order valence-corrected chi connectivity index (χ3v) is 3.49. The van der Waals surface area contributed by atoms with Gasteiger partial charge in [-0.15, -0.1) is 11.8 Å². The zero-order valence-corrected chi connectivity index (χ0v) is 10.5. The molecule has 0 aromatic heterocycles. The lowest BCUT2D eigenvalue weighted by Crippen LogP contribution is -1.88. The lowest BCUT2D eigenvalue weighted by Gasteiger charge is -2.04. The normalized spacial score (nSPS) is 10.2. The van der Waals surface area contributed by atoms with Gasteiger partial charge in [-0.1, -0.05) is 0 Å². The number of hydrogen-bond acceptors (Lipinski definition) is 2.